The largest absolute Gasteiger partial charge is 0.385 e. The van der Waals surface area contributed by atoms with Crippen LogP contribution in [0.25, 0.3) is 0 Å². The molecule has 1 unspecified atom stereocenters. The van der Waals surface area contributed by atoms with Crippen LogP contribution in [0.2, 0.25) is 0 Å². The highest BCUT2D eigenvalue weighted by atomic mass is 15.2. The Balaban J connectivity index is 0.000000502. The monoisotopic (exact) mass is 425 g/mol. The summed E-state index contributed by atoms with van der Waals surface area (Å²) in [5, 5.41) is 3.30. The van der Waals surface area contributed by atoms with Crippen molar-refractivity contribution in [1.29, 1.82) is 0 Å². The minimum Gasteiger partial charge on any atom is -0.385 e. The fourth-order valence-corrected chi connectivity index (χ4v) is 3.12. The molecule has 1 aliphatic heterocycles. The van der Waals surface area contributed by atoms with E-state index < -0.39 is 0 Å². The molecule has 31 heavy (non-hydrogen) atoms. The Morgan fingerprint density at radius 1 is 0.903 bits per heavy atom. The second-order valence-electron chi connectivity index (χ2n) is 7.37. The highest BCUT2D eigenvalue weighted by Crippen LogP contribution is 2.13. The van der Waals surface area contributed by atoms with E-state index in [1.54, 1.807) is 0 Å². The lowest BCUT2D eigenvalue weighted by molar-refractivity contribution is 0.148. The van der Waals surface area contributed by atoms with Crippen LogP contribution in [0.15, 0.2) is 66.9 Å². The molecule has 1 N–H and O–H groups in total. The van der Waals surface area contributed by atoms with Gasteiger partial charge in [0.1, 0.15) is 0 Å². The van der Waals surface area contributed by atoms with Crippen LogP contribution in [0.3, 0.4) is 0 Å². The van der Waals surface area contributed by atoms with E-state index in [4.69, 9.17) is 0 Å². The smallest absolute Gasteiger partial charge is 0.0480 e. The molecule has 1 atom stereocenters. The number of nitrogens with zero attached hydrogens (tertiary/aromatic N) is 2. The number of hydrogen-bond acceptors (Lipinski definition) is 3. The van der Waals surface area contributed by atoms with Gasteiger partial charge >= 0.3 is 0 Å². The molecule has 3 rings (SSSR count). The molecule has 3 nitrogen and oxygen atoms in total. The number of rotatable bonds is 5. The van der Waals surface area contributed by atoms with Crippen molar-refractivity contribution in [3.8, 4) is 0 Å². The standard InChI is InChI=1S/C12H18N2.C12H17N.2C2H6/c1-13-7-9-14(10-8-13)11-12-5-3-2-4-6-12;1-4-8-13-11(3)12-7-5-6-10(2)9-12;2*1-2/h2-6H,7-11H2,1H3;4-9,11,13H,1-3H3;2*1-2H3/b;8-4-;;. The summed E-state index contributed by atoms with van der Waals surface area (Å²) in [6, 6.07) is 19.7. The van der Waals surface area contributed by atoms with E-state index in [1.807, 2.05) is 46.9 Å². The van der Waals surface area contributed by atoms with E-state index in [9.17, 15) is 0 Å². The number of likely N-dealkylation sites (N-methyl/N-ethyl adjacent to an activating group) is 1. The van der Waals surface area contributed by atoms with Crippen LogP contribution in [0.5, 0.6) is 0 Å². The summed E-state index contributed by atoms with van der Waals surface area (Å²) in [5.41, 5.74) is 4.07. The zero-order valence-electron chi connectivity index (χ0n) is 21.4. The highest BCUT2D eigenvalue weighted by Gasteiger charge is 2.13. The molecule has 3 heteroatoms. The molecule has 174 valence electrons. The maximum atomic E-state index is 3.30. The Hall–Kier alpha value is -2.10. The molecular weight excluding hydrogens is 378 g/mol. The molecular formula is C28H47N3. The van der Waals surface area contributed by atoms with Crippen molar-refractivity contribution in [2.45, 2.75) is 61.1 Å². The number of hydrogen-bond donors (Lipinski definition) is 1. The minimum atomic E-state index is 0.385. The first-order chi connectivity index (χ1) is 15.1. The van der Waals surface area contributed by atoms with Crippen molar-refractivity contribution < 1.29 is 0 Å². The molecule has 0 aliphatic carbocycles. The molecule has 2 aromatic carbocycles. The summed E-state index contributed by atoms with van der Waals surface area (Å²) in [5.74, 6) is 0. The maximum absolute atomic E-state index is 3.30. The van der Waals surface area contributed by atoms with Gasteiger partial charge in [-0.1, -0.05) is 93.9 Å². The van der Waals surface area contributed by atoms with E-state index in [-0.39, 0.29) is 0 Å². The van der Waals surface area contributed by atoms with E-state index in [2.05, 4.69) is 90.6 Å². The predicted octanol–water partition coefficient (Wildman–Crippen LogP) is 6.67. The second kappa shape index (κ2) is 18.7. The van der Waals surface area contributed by atoms with Gasteiger partial charge in [-0.3, -0.25) is 4.90 Å². The Kier molecular flexibility index (Phi) is 17.4. The maximum Gasteiger partial charge on any atom is 0.0480 e. The van der Waals surface area contributed by atoms with Gasteiger partial charge in [0.25, 0.3) is 0 Å². The molecule has 1 saturated heterocycles. The molecule has 0 aromatic heterocycles. The summed E-state index contributed by atoms with van der Waals surface area (Å²) < 4.78 is 0. The number of piperazine rings is 1. The van der Waals surface area contributed by atoms with Crippen LogP contribution in [0, 0.1) is 6.92 Å². The molecule has 0 radical (unpaired) electrons. The third-order valence-electron chi connectivity index (χ3n) is 4.90. The fourth-order valence-electron chi connectivity index (χ4n) is 3.12. The van der Waals surface area contributed by atoms with Crippen molar-refractivity contribution in [2.24, 2.45) is 0 Å². The minimum absolute atomic E-state index is 0.385. The lowest BCUT2D eigenvalue weighted by Gasteiger charge is -2.32. The Labute approximate surface area is 193 Å². The second-order valence-corrected chi connectivity index (χ2v) is 7.37. The average molecular weight is 426 g/mol. The van der Waals surface area contributed by atoms with Gasteiger partial charge in [-0.2, -0.15) is 0 Å². The van der Waals surface area contributed by atoms with E-state index in [0.717, 1.165) is 6.54 Å². The van der Waals surface area contributed by atoms with E-state index >= 15 is 0 Å². The van der Waals surface area contributed by atoms with Crippen LogP contribution >= 0.6 is 0 Å². The van der Waals surface area contributed by atoms with Crippen molar-refractivity contribution in [2.75, 3.05) is 33.2 Å². The number of aryl methyl sites for hydroxylation is 1. The van der Waals surface area contributed by atoms with Crippen molar-refractivity contribution >= 4 is 0 Å². The number of benzene rings is 2. The Morgan fingerprint density at radius 3 is 2.06 bits per heavy atom. The van der Waals surface area contributed by atoms with Gasteiger partial charge in [-0.15, -0.1) is 0 Å². The number of nitrogens with one attached hydrogen (secondary N) is 1. The fraction of sp³-hybridized carbons (Fsp3) is 0.500. The molecule has 2 aromatic rings. The van der Waals surface area contributed by atoms with Crippen LogP contribution < -0.4 is 5.32 Å². The summed E-state index contributed by atoms with van der Waals surface area (Å²) in [4.78, 5) is 4.91. The predicted molar refractivity (Wildman–Crippen MR) is 139 cm³/mol. The van der Waals surface area contributed by atoms with E-state index in [1.165, 1.54) is 42.9 Å². The highest BCUT2D eigenvalue weighted by molar-refractivity contribution is 5.24. The topological polar surface area (TPSA) is 18.5 Å². The van der Waals surface area contributed by atoms with Crippen molar-refractivity contribution in [3.05, 3.63) is 83.6 Å². The van der Waals surface area contributed by atoms with Gasteiger partial charge in [0.15, 0.2) is 0 Å². The summed E-state index contributed by atoms with van der Waals surface area (Å²) in [6.45, 7) is 20.2. The summed E-state index contributed by atoms with van der Waals surface area (Å²) in [7, 11) is 2.19. The molecule has 0 bridgehead atoms. The number of allylic oxidation sites excluding steroid dienone is 1. The molecule has 0 spiro atoms. The first kappa shape index (κ1) is 28.9. The zero-order chi connectivity index (χ0) is 23.5. The Bertz CT molecular complexity index is 674. The first-order valence-electron chi connectivity index (χ1n) is 12.0. The molecule has 0 saturated carbocycles. The summed E-state index contributed by atoms with van der Waals surface area (Å²) in [6.07, 6.45) is 3.99. The first-order valence-corrected chi connectivity index (χ1v) is 12.0. The molecule has 1 heterocycles. The van der Waals surface area contributed by atoms with Gasteiger partial charge in [-0.25, -0.2) is 0 Å². The van der Waals surface area contributed by atoms with Crippen LogP contribution in [-0.2, 0) is 6.54 Å². The SMILES string of the molecule is C/C=C\NC(C)c1cccc(C)c1.CC.CC.CN1CCN(Cc2ccccc2)CC1. The zero-order valence-corrected chi connectivity index (χ0v) is 21.4. The summed E-state index contributed by atoms with van der Waals surface area (Å²) >= 11 is 0. The van der Waals surface area contributed by atoms with Gasteiger partial charge in [-0.05, 0) is 45.1 Å². The molecule has 1 aliphatic rings. The lowest BCUT2D eigenvalue weighted by Crippen LogP contribution is -2.43. The third kappa shape index (κ3) is 13.0. The quantitative estimate of drug-likeness (QED) is 0.577. The van der Waals surface area contributed by atoms with Crippen LogP contribution in [-0.4, -0.2) is 43.0 Å². The lowest BCUT2D eigenvalue weighted by atomic mass is 10.1. The Morgan fingerprint density at radius 2 is 1.52 bits per heavy atom. The van der Waals surface area contributed by atoms with Gasteiger partial charge in [0.05, 0.1) is 0 Å². The van der Waals surface area contributed by atoms with Gasteiger partial charge < -0.3 is 10.2 Å². The van der Waals surface area contributed by atoms with E-state index in [0.29, 0.717) is 6.04 Å². The van der Waals surface area contributed by atoms with Crippen molar-refractivity contribution in [1.82, 2.24) is 15.1 Å². The van der Waals surface area contributed by atoms with Crippen LogP contribution in [0.4, 0.5) is 0 Å². The molecule has 0 amide bonds. The van der Waals surface area contributed by atoms with Crippen molar-refractivity contribution in [3.63, 3.8) is 0 Å². The van der Waals surface area contributed by atoms with Gasteiger partial charge in [0.2, 0.25) is 0 Å². The third-order valence-corrected chi connectivity index (χ3v) is 4.90. The molecule has 1 fully saturated rings. The van der Waals surface area contributed by atoms with Gasteiger partial charge in [0, 0.05) is 38.8 Å². The van der Waals surface area contributed by atoms with Crippen LogP contribution in [0.1, 0.15) is 64.3 Å². The average Bonchev–Trinajstić information content (AvgIpc) is 2.83. The normalized spacial score (nSPS) is 14.8.